The van der Waals surface area contributed by atoms with Gasteiger partial charge >= 0.3 is 0 Å². The largest absolute Gasteiger partial charge is 0.276 e. The normalized spacial score (nSPS) is 8.00. The van der Waals surface area contributed by atoms with Crippen molar-refractivity contribution in [1.82, 2.24) is 0 Å². The first kappa shape index (κ1) is 9.92. The van der Waals surface area contributed by atoms with Gasteiger partial charge < -0.3 is 0 Å². The molecule has 0 aliphatic heterocycles. The van der Waals surface area contributed by atoms with Crippen molar-refractivity contribution in [2.45, 2.75) is 20.0 Å². The summed E-state index contributed by atoms with van der Waals surface area (Å²) in [4.78, 5) is 0. The van der Waals surface area contributed by atoms with Crippen LogP contribution in [-0.2, 0) is 4.29 Å². The number of hydrogen-bond acceptors (Lipinski definition) is 1. The van der Waals surface area contributed by atoms with Crippen molar-refractivity contribution in [2.24, 2.45) is 0 Å². The van der Waals surface area contributed by atoms with Crippen LogP contribution in [-0.4, -0.2) is 23.5 Å². The molecule has 0 atom stereocenters. The van der Waals surface area contributed by atoms with Gasteiger partial charge in [0.05, 0.1) is 18.0 Å². The third-order valence-electron chi connectivity index (χ3n) is 0.178. The van der Waals surface area contributed by atoms with Gasteiger partial charge in [0.15, 0.2) is 17.4 Å². The minimum absolute atomic E-state index is 0. The number of halogens is 1. The lowest BCUT2D eigenvalue weighted by molar-refractivity contribution is 0.269. The molecule has 0 aliphatic carbocycles. The molecule has 38 valence electrons. The van der Waals surface area contributed by atoms with E-state index in [1.165, 1.54) is 0 Å². The zero-order valence-corrected chi connectivity index (χ0v) is 4.12. The molecule has 0 amide bonds. The second kappa shape index (κ2) is 5.78. The van der Waals surface area contributed by atoms with Crippen LogP contribution in [0.1, 0.15) is 13.8 Å². The molecule has 0 bridgehead atoms. The third kappa shape index (κ3) is 8.84. The average molecular weight is 125 g/mol. The van der Waals surface area contributed by atoms with Gasteiger partial charge in [-0.3, -0.25) is 4.29 Å². The van der Waals surface area contributed by atoms with Crippen molar-refractivity contribution >= 4 is 29.2 Å². The number of hydrogen-bond donors (Lipinski definition) is 0. The summed E-state index contributed by atoms with van der Waals surface area (Å²) < 4.78 is 4.22. The zero-order valence-electron chi connectivity index (χ0n) is 3.36. The molecule has 0 N–H and O–H groups in total. The fourth-order valence-electron chi connectivity index (χ4n) is 0. The Bertz CT molecular complexity index is 24.8. The molecular formula is C3H10AlClO. The van der Waals surface area contributed by atoms with Gasteiger partial charge in [-0.05, 0) is 13.8 Å². The maximum absolute atomic E-state index is 4.84. The van der Waals surface area contributed by atoms with E-state index in [2.05, 4.69) is 4.29 Å². The standard InChI is InChI=1S/C3H7ClO.Al.3H/c1-3(2)5-4;;;;/h3H,1-2H3;;;;. The molecule has 0 saturated heterocycles. The molecular weight excluding hydrogens is 114 g/mol. The van der Waals surface area contributed by atoms with Gasteiger partial charge in [0.1, 0.15) is 0 Å². The van der Waals surface area contributed by atoms with Crippen LogP contribution in [0.25, 0.3) is 0 Å². The molecule has 0 radical (unpaired) electrons. The highest BCUT2D eigenvalue weighted by atomic mass is 35.5. The van der Waals surface area contributed by atoms with Crippen LogP contribution in [0.5, 0.6) is 0 Å². The molecule has 6 heavy (non-hydrogen) atoms. The van der Waals surface area contributed by atoms with E-state index in [0.29, 0.717) is 0 Å². The molecule has 0 heterocycles. The second-order valence-electron chi connectivity index (χ2n) is 1.14. The lowest BCUT2D eigenvalue weighted by Crippen LogP contribution is -1.89. The molecule has 1 nitrogen and oxygen atoms in total. The molecule has 0 saturated carbocycles. The molecule has 0 aromatic heterocycles. The quantitative estimate of drug-likeness (QED) is 0.460. The van der Waals surface area contributed by atoms with Gasteiger partial charge in [-0.15, -0.1) is 0 Å². The second-order valence-corrected chi connectivity index (χ2v) is 1.32. The molecule has 0 aliphatic rings. The van der Waals surface area contributed by atoms with Gasteiger partial charge in [-0.1, -0.05) is 0 Å². The summed E-state index contributed by atoms with van der Waals surface area (Å²) in [6.07, 6.45) is 0.150. The summed E-state index contributed by atoms with van der Waals surface area (Å²) in [7, 11) is 0. The Balaban J connectivity index is 0. The first-order chi connectivity index (χ1) is 2.27. The smallest absolute Gasteiger partial charge is 0.187 e. The summed E-state index contributed by atoms with van der Waals surface area (Å²) in [5.41, 5.74) is 0. The van der Waals surface area contributed by atoms with Gasteiger partial charge in [-0.2, -0.15) is 0 Å². The fraction of sp³-hybridized carbons (Fsp3) is 1.00. The van der Waals surface area contributed by atoms with E-state index in [0.717, 1.165) is 0 Å². The summed E-state index contributed by atoms with van der Waals surface area (Å²) in [5, 5.41) is 0. The van der Waals surface area contributed by atoms with E-state index in [-0.39, 0.29) is 23.5 Å². The lowest BCUT2D eigenvalue weighted by Gasteiger charge is -1.90. The average Bonchev–Trinajstić information content (AvgIpc) is 1.38. The van der Waals surface area contributed by atoms with Crippen LogP contribution >= 0.6 is 11.9 Å². The molecule has 0 unspecified atom stereocenters. The molecule has 0 rings (SSSR count). The highest BCUT2D eigenvalue weighted by molar-refractivity contribution is 6.07. The minimum atomic E-state index is 0. The Morgan fingerprint density at radius 1 is 1.50 bits per heavy atom. The summed E-state index contributed by atoms with van der Waals surface area (Å²) in [6, 6.07) is 0. The zero-order chi connectivity index (χ0) is 4.28. The van der Waals surface area contributed by atoms with Crippen molar-refractivity contribution in [2.75, 3.05) is 0 Å². The van der Waals surface area contributed by atoms with E-state index in [9.17, 15) is 0 Å². The Morgan fingerprint density at radius 3 is 1.67 bits per heavy atom. The van der Waals surface area contributed by atoms with Crippen molar-refractivity contribution in [3.63, 3.8) is 0 Å². The van der Waals surface area contributed by atoms with E-state index in [1.54, 1.807) is 0 Å². The predicted molar refractivity (Wildman–Crippen MR) is 32.0 cm³/mol. The van der Waals surface area contributed by atoms with Gasteiger partial charge in [0.2, 0.25) is 0 Å². The highest BCUT2D eigenvalue weighted by Gasteiger charge is 1.81. The first-order valence-corrected chi connectivity index (χ1v) is 1.85. The Hall–Kier alpha value is 0.782. The van der Waals surface area contributed by atoms with E-state index < -0.39 is 0 Å². The number of rotatable bonds is 1. The Morgan fingerprint density at radius 2 is 1.67 bits per heavy atom. The lowest BCUT2D eigenvalue weighted by atomic mass is 10.5. The van der Waals surface area contributed by atoms with E-state index >= 15 is 0 Å². The maximum Gasteiger partial charge on any atom is 0.187 e. The van der Waals surface area contributed by atoms with E-state index in [4.69, 9.17) is 11.9 Å². The topological polar surface area (TPSA) is 9.23 Å². The third-order valence-corrected chi connectivity index (χ3v) is 0.535. The van der Waals surface area contributed by atoms with Crippen molar-refractivity contribution in [1.29, 1.82) is 0 Å². The molecule has 0 aromatic carbocycles. The van der Waals surface area contributed by atoms with Gasteiger partial charge in [-0.25, -0.2) is 0 Å². The predicted octanol–water partition coefficient (Wildman–Crippen LogP) is 0.381. The molecule has 0 fully saturated rings. The summed E-state index contributed by atoms with van der Waals surface area (Å²) in [6.45, 7) is 3.74. The summed E-state index contributed by atoms with van der Waals surface area (Å²) >= 11 is 4.84. The summed E-state index contributed by atoms with van der Waals surface area (Å²) in [5.74, 6) is 0. The SMILES string of the molecule is CC(C)OCl.[AlH3]. The van der Waals surface area contributed by atoms with Gasteiger partial charge in [0.25, 0.3) is 0 Å². The maximum atomic E-state index is 4.84. The van der Waals surface area contributed by atoms with Crippen LogP contribution in [0.4, 0.5) is 0 Å². The minimum Gasteiger partial charge on any atom is -0.276 e. The van der Waals surface area contributed by atoms with Crippen molar-refractivity contribution in [3.05, 3.63) is 0 Å². The first-order valence-electron chi connectivity index (χ1n) is 1.54. The van der Waals surface area contributed by atoms with Crippen LogP contribution in [0, 0.1) is 0 Å². The monoisotopic (exact) mass is 124 g/mol. The highest BCUT2D eigenvalue weighted by Crippen LogP contribution is 1.87. The molecule has 0 aromatic rings. The van der Waals surface area contributed by atoms with Crippen LogP contribution < -0.4 is 0 Å². The van der Waals surface area contributed by atoms with E-state index in [1.807, 2.05) is 13.8 Å². The van der Waals surface area contributed by atoms with Crippen LogP contribution in [0.15, 0.2) is 0 Å². The van der Waals surface area contributed by atoms with Crippen molar-refractivity contribution < 1.29 is 4.29 Å². The molecule has 3 heteroatoms. The molecule has 0 spiro atoms. The fourth-order valence-corrected chi connectivity index (χ4v) is 0. The van der Waals surface area contributed by atoms with Gasteiger partial charge in [0, 0.05) is 0 Å². The van der Waals surface area contributed by atoms with Crippen LogP contribution in [0.2, 0.25) is 0 Å². The Kier molecular flexibility index (Phi) is 9.56. The Labute approximate surface area is 53.9 Å². The van der Waals surface area contributed by atoms with Crippen LogP contribution in [0.3, 0.4) is 0 Å². The van der Waals surface area contributed by atoms with Crippen molar-refractivity contribution in [3.8, 4) is 0 Å².